The van der Waals surface area contributed by atoms with Gasteiger partial charge in [-0.25, -0.2) is 4.98 Å². The van der Waals surface area contributed by atoms with Gasteiger partial charge in [0.1, 0.15) is 5.82 Å². The molecule has 26 heavy (non-hydrogen) atoms. The number of anilines is 2. The average Bonchev–Trinajstić information content (AvgIpc) is 2.62. The lowest BCUT2D eigenvalue weighted by Crippen LogP contribution is -2.50. The molecular formula is C18H30N6O2. The van der Waals surface area contributed by atoms with E-state index in [1.165, 1.54) is 0 Å². The molecule has 0 saturated carbocycles. The molecular weight excluding hydrogens is 332 g/mol. The Kier molecular flexibility index (Phi) is 6.26. The Bertz CT molecular complexity index is 595. The minimum Gasteiger partial charge on any atom is -0.393 e. The number of aliphatic hydroxyl groups excluding tert-OH is 1. The van der Waals surface area contributed by atoms with Gasteiger partial charge in [-0.15, -0.1) is 0 Å². The maximum absolute atomic E-state index is 11.9. The van der Waals surface area contributed by atoms with Crippen molar-refractivity contribution in [1.29, 1.82) is 0 Å². The van der Waals surface area contributed by atoms with Crippen molar-refractivity contribution in [1.82, 2.24) is 20.2 Å². The fraction of sp³-hybridized carbons (Fsp3) is 0.722. The molecule has 0 unspecified atom stereocenters. The molecule has 8 heteroatoms. The van der Waals surface area contributed by atoms with Gasteiger partial charge in [0.2, 0.25) is 11.9 Å². The molecule has 1 amide bonds. The van der Waals surface area contributed by atoms with Crippen LogP contribution in [0, 0.1) is 0 Å². The lowest BCUT2D eigenvalue weighted by atomic mass is 10.1. The van der Waals surface area contributed by atoms with E-state index in [1.807, 2.05) is 26.1 Å². The van der Waals surface area contributed by atoms with Crippen LogP contribution in [0.25, 0.3) is 0 Å². The molecule has 0 bridgehead atoms. The van der Waals surface area contributed by atoms with Crippen molar-refractivity contribution in [2.24, 2.45) is 0 Å². The van der Waals surface area contributed by atoms with Gasteiger partial charge in [-0.1, -0.05) is 0 Å². The first-order valence-electron chi connectivity index (χ1n) is 9.54. The minimum absolute atomic E-state index is 0.0824. The van der Waals surface area contributed by atoms with Crippen molar-refractivity contribution in [2.45, 2.75) is 38.8 Å². The highest BCUT2D eigenvalue weighted by molar-refractivity contribution is 5.78. The molecule has 0 spiro atoms. The summed E-state index contributed by atoms with van der Waals surface area (Å²) in [6.45, 7) is 9.35. The van der Waals surface area contributed by atoms with Crippen LogP contribution in [0.2, 0.25) is 0 Å². The van der Waals surface area contributed by atoms with Crippen molar-refractivity contribution < 1.29 is 9.90 Å². The molecule has 0 aromatic carbocycles. The molecule has 2 aliphatic heterocycles. The van der Waals surface area contributed by atoms with Gasteiger partial charge in [-0.3, -0.25) is 9.69 Å². The largest absolute Gasteiger partial charge is 0.393 e. The fourth-order valence-corrected chi connectivity index (χ4v) is 3.44. The van der Waals surface area contributed by atoms with E-state index in [4.69, 9.17) is 4.98 Å². The highest BCUT2D eigenvalue weighted by Crippen LogP contribution is 2.20. The minimum atomic E-state index is -0.187. The number of piperazine rings is 1. The van der Waals surface area contributed by atoms with Gasteiger partial charge in [-0.2, -0.15) is 4.98 Å². The first kappa shape index (κ1) is 18.8. The molecule has 0 atom stereocenters. The summed E-state index contributed by atoms with van der Waals surface area (Å²) >= 11 is 0. The summed E-state index contributed by atoms with van der Waals surface area (Å²) in [5, 5.41) is 12.6. The number of amides is 1. The Morgan fingerprint density at radius 3 is 2.54 bits per heavy atom. The number of aliphatic hydroxyl groups is 1. The number of hydrogen-bond acceptors (Lipinski definition) is 7. The summed E-state index contributed by atoms with van der Waals surface area (Å²) in [5.74, 6) is 1.76. The molecule has 1 aromatic rings. The molecule has 1 aromatic heterocycles. The van der Waals surface area contributed by atoms with Crippen LogP contribution in [0.3, 0.4) is 0 Å². The molecule has 8 nitrogen and oxygen atoms in total. The normalized spacial score (nSPS) is 19.8. The standard InChI is InChI=1S/C18H30N6O2/c1-14(2)20-17(26)13-22-9-11-24(12-10-22)18-19-6-3-16(21-18)23-7-4-15(25)5-8-23/h3,6,14-15,25H,4-5,7-13H2,1-2H3,(H,20,26). The third-order valence-electron chi connectivity index (χ3n) is 4.89. The predicted octanol–water partition coefficient (Wildman–Crippen LogP) is 0.0843. The summed E-state index contributed by atoms with van der Waals surface area (Å²) in [4.78, 5) is 27.6. The first-order valence-corrected chi connectivity index (χ1v) is 9.54. The summed E-state index contributed by atoms with van der Waals surface area (Å²) in [6.07, 6.45) is 3.20. The van der Waals surface area contributed by atoms with Gasteiger partial charge in [-0.05, 0) is 32.8 Å². The highest BCUT2D eigenvalue weighted by Gasteiger charge is 2.23. The zero-order valence-electron chi connectivity index (χ0n) is 15.8. The number of piperidine rings is 1. The van der Waals surface area contributed by atoms with E-state index < -0.39 is 0 Å². The van der Waals surface area contributed by atoms with E-state index >= 15 is 0 Å². The van der Waals surface area contributed by atoms with Gasteiger partial charge in [0, 0.05) is 51.5 Å². The summed E-state index contributed by atoms with van der Waals surface area (Å²) in [5.41, 5.74) is 0. The highest BCUT2D eigenvalue weighted by atomic mass is 16.3. The van der Waals surface area contributed by atoms with Gasteiger partial charge in [0.05, 0.1) is 12.6 Å². The molecule has 3 rings (SSSR count). The van der Waals surface area contributed by atoms with Gasteiger partial charge >= 0.3 is 0 Å². The Labute approximate surface area is 155 Å². The topological polar surface area (TPSA) is 84.8 Å². The second-order valence-electron chi connectivity index (χ2n) is 7.42. The number of rotatable bonds is 5. The second kappa shape index (κ2) is 8.64. The molecule has 2 saturated heterocycles. The third-order valence-corrected chi connectivity index (χ3v) is 4.89. The zero-order chi connectivity index (χ0) is 18.5. The van der Waals surface area contributed by atoms with Crippen molar-refractivity contribution in [3.05, 3.63) is 12.3 Å². The maximum Gasteiger partial charge on any atom is 0.234 e. The van der Waals surface area contributed by atoms with E-state index in [0.717, 1.165) is 63.9 Å². The fourth-order valence-electron chi connectivity index (χ4n) is 3.44. The Morgan fingerprint density at radius 1 is 1.19 bits per heavy atom. The van der Waals surface area contributed by atoms with Crippen LogP contribution in [-0.4, -0.2) is 83.8 Å². The van der Waals surface area contributed by atoms with Crippen LogP contribution in [0.1, 0.15) is 26.7 Å². The molecule has 0 radical (unpaired) electrons. The van der Waals surface area contributed by atoms with E-state index in [9.17, 15) is 9.90 Å². The monoisotopic (exact) mass is 362 g/mol. The van der Waals surface area contributed by atoms with E-state index in [1.54, 1.807) is 0 Å². The Balaban J connectivity index is 1.53. The van der Waals surface area contributed by atoms with Crippen molar-refractivity contribution in [2.75, 3.05) is 55.6 Å². The van der Waals surface area contributed by atoms with Crippen molar-refractivity contribution >= 4 is 17.7 Å². The van der Waals surface area contributed by atoms with Gasteiger partial charge < -0.3 is 20.2 Å². The Hall–Kier alpha value is -1.93. The van der Waals surface area contributed by atoms with E-state index in [-0.39, 0.29) is 18.1 Å². The summed E-state index contributed by atoms with van der Waals surface area (Å²) in [7, 11) is 0. The molecule has 3 heterocycles. The van der Waals surface area contributed by atoms with Crippen LogP contribution in [-0.2, 0) is 4.79 Å². The second-order valence-corrected chi connectivity index (χ2v) is 7.42. The maximum atomic E-state index is 11.9. The van der Waals surface area contributed by atoms with E-state index in [0.29, 0.717) is 6.54 Å². The van der Waals surface area contributed by atoms with Crippen LogP contribution in [0.5, 0.6) is 0 Å². The molecule has 2 aliphatic rings. The number of aromatic nitrogens is 2. The van der Waals surface area contributed by atoms with Gasteiger partial charge in [0.25, 0.3) is 0 Å². The van der Waals surface area contributed by atoms with Crippen LogP contribution in [0.4, 0.5) is 11.8 Å². The third kappa shape index (κ3) is 5.04. The summed E-state index contributed by atoms with van der Waals surface area (Å²) < 4.78 is 0. The predicted molar refractivity (Wildman–Crippen MR) is 101 cm³/mol. The van der Waals surface area contributed by atoms with E-state index in [2.05, 4.69) is 25.0 Å². The lowest BCUT2D eigenvalue weighted by Gasteiger charge is -2.35. The molecule has 0 aliphatic carbocycles. The summed E-state index contributed by atoms with van der Waals surface area (Å²) in [6, 6.07) is 2.11. The number of carbonyl (C=O) groups is 1. The zero-order valence-corrected chi connectivity index (χ0v) is 15.8. The van der Waals surface area contributed by atoms with Crippen molar-refractivity contribution in [3.63, 3.8) is 0 Å². The number of nitrogens with zero attached hydrogens (tertiary/aromatic N) is 5. The van der Waals surface area contributed by atoms with Crippen molar-refractivity contribution in [3.8, 4) is 0 Å². The Morgan fingerprint density at radius 2 is 1.88 bits per heavy atom. The van der Waals surface area contributed by atoms with Crippen LogP contribution < -0.4 is 15.1 Å². The smallest absolute Gasteiger partial charge is 0.234 e. The molecule has 144 valence electrons. The number of hydrogen-bond donors (Lipinski definition) is 2. The number of carbonyl (C=O) groups excluding carboxylic acids is 1. The molecule has 2 N–H and O–H groups in total. The lowest BCUT2D eigenvalue weighted by molar-refractivity contribution is -0.122. The van der Waals surface area contributed by atoms with Crippen LogP contribution in [0.15, 0.2) is 12.3 Å². The molecule has 2 fully saturated rings. The van der Waals surface area contributed by atoms with Gasteiger partial charge in [0.15, 0.2) is 0 Å². The van der Waals surface area contributed by atoms with Crippen LogP contribution >= 0.6 is 0 Å². The average molecular weight is 362 g/mol. The number of nitrogens with one attached hydrogen (secondary N) is 1. The first-order chi connectivity index (χ1) is 12.5. The quantitative estimate of drug-likeness (QED) is 0.768. The SMILES string of the molecule is CC(C)NC(=O)CN1CCN(c2nccc(N3CCC(O)CC3)n2)CC1.